The summed E-state index contributed by atoms with van der Waals surface area (Å²) in [6.45, 7) is 9.98. The topological polar surface area (TPSA) is 90.4 Å². The van der Waals surface area contributed by atoms with Crippen LogP contribution in [-0.4, -0.2) is 45.4 Å². The number of nitrogens with two attached hydrogens (primary N) is 1. The van der Waals surface area contributed by atoms with Gasteiger partial charge in [0.2, 0.25) is 5.91 Å². The molecule has 1 aromatic heterocycles. The molecule has 1 aliphatic heterocycles. The van der Waals surface area contributed by atoms with Crippen LogP contribution < -0.4 is 5.73 Å². The first-order chi connectivity index (χ1) is 13.6. The molecule has 1 fully saturated rings. The molecule has 0 bridgehead atoms. The number of nitrogens with zero attached hydrogens (tertiary/aromatic N) is 3. The van der Waals surface area contributed by atoms with Crippen molar-refractivity contribution in [2.75, 3.05) is 13.1 Å². The Balaban J connectivity index is 1.52. The van der Waals surface area contributed by atoms with Crippen molar-refractivity contribution in [1.29, 1.82) is 0 Å². The average molecular weight is 401 g/mol. The van der Waals surface area contributed by atoms with Gasteiger partial charge in [-0.3, -0.25) is 9.48 Å². The monoisotopic (exact) mass is 400 g/mol. The Morgan fingerprint density at radius 1 is 1.24 bits per heavy atom. The summed E-state index contributed by atoms with van der Waals surface area (Å²) in [6, 6.07) is 5.50. The van der Waals surface area contributed by atoms with Crippen molar-refractivity contribution in [2.45, 2.75) is 65.5 Å². The zero-order valence-electron chi connectivity index (χ0n) is 17.9. The third-order valence-corrected chi connectivity index (χ3v) is 5.47. The average Bonchev–Trinajstić information content (AvgIpc) is 2.96. The van der Waals surface area contributed by atoms with Crippen molar-refractivity contribution in [3.8, 4) is 0 Å². The van der Waals surface area contributed by atoms with E-state index in [1.165, 1.54) is 0 Å². The fourth-order valence-corrected chi connectivity index (χ4v) is 3.92. The molecule has 2 heterocycles. The highest BCUT2D eigenvalue weighted by Gasteiger charge is 2.26. The molecule has 0 atom stereocenters. The molecule has 3 rings (SSSR count). The normalized spacial score (nSPS) is 15.7. The van der Waals surface area contributed by atoms with Crippen LogP contribution in [-0.2, 0) is 11.3 Å². The van der Waals surface area contributed by atoms with Gasteiger partial charge in [0.05, 0.1) is 11.2 Å². The van der Waals surface area contributed by atoms with Gasteiger partial charge in [0.25, 0.3) is 0 Å². The van der Waals surface area contributed by atoms with E-state index in [9.17, 15) is 9.59 Å². The molecule has 0 unspecified atom stereocenters. The standard InChI is InChI=1S/C22H32N4O3/c1-15-18-8-7-17(20(23)27)14-19(18)26(24-15)11-5-6-16-9-12-25(13-10-16)21(28)29-22(2,3)4/h7-8,14,16H,5-6,9-13H2,1-4H3,(H2,23,27). The number of carbonyl (C=O) groups excluding carboxylic acids is 2. The number of aromatic nitrogens is 2. The van der Waals surface area contributed by atoms with Crippen LogP contribution in [0, 0.1) is 12.8 Å². The number of primary amides is 1. The Bertz CT molecular complexity index is 889. The minimum atomic E-state index is -0.451. The molecular weight excluding hydrogens is 368 g/mol. The fraction of sp³-hybridized carbons (Fsp3) is 0.591. The van der Waals surface area contributed by atoms with Gasteiger partial charge >= 0.3 is 6.09 Å². The van der Waals surface area contributed by atoms with Gasteiger partial charge in [-0.05, 0) is 71.4 Å². The first kappa shape index (κ1) is 21.1. The predicted molar refractivity (Wildman–Crippen MR) is 113 cm³/mol. The maximum Gasteiger partial charge on any atom is 0.410 e. The maximum absolute atomic E-state index is 12.2. The lowest BCUT2D eigenvalue weighted by atomic mass is 9.92. The highest BCUT2D eigenvalue weighted by molar-refractivity contribution is 5.97. The number of likely N-dealkylation sites (tertiary alicyclic amines) is 1. The molecule has 29 heavy (non-hydrogen) atoms. The second-order valence-electron chi connectivity index (χ2n) is 8.96. The molecule has 2 amide bonds. The molecule has 0 saturated carbocycles. The highest BCUT2D eigenvalue weighted by Crippen LogP contribution is 2.25. The quantitative estimate of drug-likeness (QED) is 0.825. The van der Waals surface area contributed by atoms with E-state index in [0.717, 1.165) is 61.9 Å². The zero-order chi connectivity index (χ0) is 21.2. The van der Waals surface area contributed by atoms with E-state index >= 15 is 0 Å². The van der Waals surface area contributed by atoms with Crippen LogP contribution in [0.1, 0.15) is 62.5 Å². The Morgan fingerprint density at radius 3 is 2.55 bits per heavy atom. The van der Waals surface area contributed by atoms with Gasteiger partial charge in [0, 0.05) is 30.6 Å². The van der Waals surface area contributed by atoms with Crippen molar-refractivity contribution < 1.29 is 14.3 Å². The Morgan fingerprint density at radius 2 is 1.93 bits per heavy atom. The number of carbonyl (C=O) groups is 2. The number of aryl methyl sites for hydroxylation is 2. The summed E-state index contributed by atoms with van der Waals surface area (Å²) in [6.07, 6.45) is 3.90. The van der Waals surface area contributed by atoms with Crippen molar-refractivity contribution in [1.82, 2.24) is 14.7 Å². The number of ether oxygens (including phenoxy) is 1. The molecule has 1 saturated heterocycles. The summed E-state index contributed by atoms with van der Waals surface area (Å²) >= 11 is 0. The second kappa shape index (κ2) is 8.43. The van der Waals surface area contributed by atoms with E-state index < -0.39 is 11.5 Å². The second-order valence-corrected chi connectivity index (χ2v) is 8.96. The smallest absolute Gasteiger partial charge is 0.410 e. The molecular formula is C22H32N4O3. The van der Waals surface area contributed by atoms with Crippen molar-refractivity contribution >= 4 is 22.9 Å². The number of benzene rings is 1. The number of hydrogen-bond donors (Lipinski definition) is 1. The molecule has 2 N–H and O–H groups in total. The SMILES string of the molecule is Cc1nn(CCCC2CCN(C(=O)OC(C)(C)C)CC2)c2cc(C(N)=O)ccc12. The van der Waals surface area contributed by atoms with E-state index in [1.807, 2.05) is 49.4 Å². The molecule has 0 radical (unpaired) electrons. The minimum Gasteiger partial charge on any atom is -0.444 e. The lowest BCUT2D eigenvalue weighted by Crippen LogP contribution is -2.41. The van der Waals surface area contributed by atoms with Crippen LogP contribution in [0.3, 0.4) is 0 Å². The van der Waals surface area contributed by atoms with Gasteiger partial charge in [-0.15, -0.1) is 0 Å². The third kappa shape index (κ3) is 5.28. The van der Waals surface area contributed by atoms with Crippen molar-refractivity contribution in [3.05, 3.63) is 29.5 Å². The van der Waals surface area contributed by atoms with E-state index in [2.05, 4.69) is 5.10 Å². The molecule has 7 heteroatoms. The summed E-state index contributed by atoms with van der Waals surface area (Å²) in [7, 11) is 0. The predicted octanol–water partition coefficient (Wildman–Crippen LogP) is 3.87. The van der Waals surface area contributed by atoms with Crippen LogP contribution in [0.5, 0.6) is 0 Å². The summed E-state index contributed by atoms with van der Waals surface area (Å²) < 4.78 is 7.44. The lowest BCUT2D eigenvalue weighted by molar-refractivity contribution is 0.0180. The Hall–Kier alpha value is -2.57. The van der Waals surface area contributed by atoms with Crippen LogP contribution in [0.4, 0.5) is 4.79 Å². The molecule has 2 aromatic rings. The molecule has 0 spiro atoms. The van der Waals surface area contributed by atoms with E-state index in [0.29, 0.717) is 11.5 Å². The van der Waals surface area contributed by atoms with Crippen molar-refractivity contribution in [2.24, 2.45) is 11.7 Å². The van der Waals surface area contributed by atoms with Crippen LogP contribution in [0.2, 0.25) is 0 Å². The van der Waals surface area contributed by atoms with E-state index in [4.69, 9.17) is 10.5 Å². The zero-order valence-corrected chi connectivity index (χ0v) is 17.9. The minimum absolute atomic E-state index is 0.209. The Kier molecular flexibility index (Phi) is 6.15. The first-order valence-electron chi connectivity index (χ1n) is 10.4. The first-order valence-corrected chi connectivity index (χ1v) is 10.4. The number of piperidine rings is 1. The number of hydrogen-bond acceptors (Lipinski definition) is 4. The van der Waals surface area contributed by atoms with Gasteiger partial charge in [-0.2, -0.15) is 5.10 Å². The van der Waals surface area contributed by atoms with E-state index in [1.54, 1.807) is 6.07 Å². The summed E-state index contributed by atoms with van der Waals surface area (Å²) in [5.74, 6) is 0.187. The summed E-state index contributed by atoms with van der Waals surface area (Å²) in [5.41, 5.74) is 7.39. The number of fused-ring (bicyclic) bond motifs is 1. The molecule has 1 aliphatic rings. The highest BCUT2D eigenvalue weighted by atomic mass is 16.6. The largest absolute Gasteiger partial charge is 0.444 e. The van der Waals surface area contributed by atoms with Crippen LogP contribution in [0.25, 0.3) is 10.9 Å². The molecule has 158 valence electrons. The molecule has 7 nitrogen and oxygen atoms in total. The van der Waals surface area contributed by atoms with Gasteiger partial charge in [0.1, 0.15) is 5.60 Å². The van der Waals surface area contributed by atoms with Gasteiger partial charge in [-0.25, -0.2) is 4.79 Å². The third-order valence-electron chi connectivity index (χ3n) is 5.47. The van der Waals surface area contributed by atoms with Gasteiger partial charge in [0.15, 0.2) is 0 Å². The van der Waals surface area contributed by atoms with Gasteiger partial charge < -0.3 is 15.4 Å². The van der Waals surface area contributed by atoms with Crippen LogP contribution >= 0.6 is 0 Å². The lowest BCUT2D eigenvalue weighted by Gasteiger charge is -2.33. The summed E-state index contributed by atoms with van der Waals surface area (Å²) in [5, 5.41) is 5.69. The Labute approximate surface area is 172 Å². The van der Waals surface area contributed by atoms with Crippen molar-refractivity contribution in [3.63, 3.8) is 0 Å². The number of amides is 2. The maximum atomic E-state index is 12.2. The van der Waals surface area contributed by atoms with E-state index in [-0.39, 0.29) is 6.09 Å². The number of rotatable bonds is 5. The van der Waals surface area contributed by atoms with Gasteiger partial charge in [-0.1, -0.05) is 6.07 Å². The fourth-order valence-electron chi connectivity index (χ4n) is 3.92. The van der Waals surface area contributed by atoms with Crippen LogP contribution in [0.15, 0.2) is 18.2 Å². The molecule has 1 aromatic carbocycles. The summed E-state index contributed by atoms with van der Waals surface area (Å²) in [4.78, 5) is 25.5. The molecule has 0 aliphatic carbocycles.